The van der Waals surface area contributed by atoms with E-state index in [0.29, 0.717) is 12.0 Å². The van der Waals surface area contributed by atoms with Gasteiger partial charge in [0.25, 0.3) is 0 Å². The van der Waals surface area contributed by atoms with Crippen molar-refractivity contribution in [3.63, 3.8) is 0 Å². The Morgan fingerprint density at radius 2 is 2.33 bits per heavy atom. The average Bonchev–Trinajstić information content (AvgIpc) is 2.20. The molecule has 0 radical (unpaired) electrons. The molecule has 0 fully saturated rings. The van der Waals surface area contributed by atoms with E-state index >= 15 is 0 Å². The van der Waals surface area contributed by atoms with Gasteiger partial charge in [0, 0.05) is 0 Å². The van der Waals surface area contributed by atoms with E-state index in [-0.39, 0.29) is 0 Å². The molecule has 1 aromatic rings. The first-order valence-corrected chi connectivity index (χ1v) is 4.52. The van der Waals surface area contributed by atoms with Crippen LogP contribution in [0.25, 0.3) is 6.08 Å². The molecule has 0 bridgehead atoms. The van der Waals surface area contributed by atoms with Gasteiger partial charge in [0.1, 0.15) is 0 Å². The zero-order chi connectivity index (χ0) is 11.3. The molecular formula is C12H11NO2. The molecule has 0 heterocycles. The van der Waals surface area contributed by atoms with Crippen molar-refractivity contribution in [2.24, 2.45) is 0 Å². The van der Waals surface area contributed by atoms with E-state index in [1.54, 1.807) is 31.2 Å². The predicted octanol–water partition coefficient (Wildman–Crippen LogP) is 2.62. The van der Waals surface area contributed by atoms with E-state index in [1.165, 1.54) is 0 Å². The second kappa shape index (κ2) is 4.97. The zero-order valence-electron chi connectivity index (χ0n) is 8.40. The molecule has 0 atom stereocenters. The van der Waals surface area contributed by atoms with Crippen molar-refractivity contribution in [3.05, 3.63) is 41.0 Å². The SMILES string of the molecule is Cc1ccc(C=CCC#N)cc1C(=O)O. The van der Waals surface area contributed by atoms with Crippen LogP contribution in [0.4, 0.5) is 0 Å². The Hall–Kier alpha value is -2.08. The summed E-state index contributed by atoms with van der Waals surface area (Å²) >= 11 is 0. The molecular weight excluding hydrogens is 190 g/mol. The molecule has 1 rings (SSSR count). The van der Waals surface area contributed by atoms with E-state index in [2.05, 4.69) is 0 Å². The quantitative estimate of drug-likeness (QED) is 0.817. The maximum atomic E-state index is 10.8. The van der Waals surface area contributed by atoms with Crippen molar-refractivity contribution >= 4 is 12.0 Å². The van der Waals surface area contributed by atoms with Crippen LogP contribution in [-0.4, -0.2) is 11.1 Å². The maximum absolute atomic E-state index is 10.8. The Balaban J connectivity index is 2.98. The topological polar surface area (TPSA) is 61.1 Å². The number of carbonyl (C=O) groups is 1. The van der Waals surface area contributed by atoms with E-state index in [4.69, 9.17) is 10.4 Å². The molecule has 0 aliphatic heterocycles. The molecule has 0 saturated carbocycles. The maximum Gasteiger partial charge on any atom is 0.335 e. The second-order valence-electron chi connectivity index (χ2n) is 3.14. The second-order valence-corrected chi connectivity index (χ2v) is 3.14. The molecule has 0 saturated heterocycles. The van der Waals surface area contributed by atoms with E-state index < -0.39 is 5.97 Å². The molecule has 0 aliphatic carbocycles. The first kappa shape index (κ1) is 11.0. The van der Waals surface area contributed by atoms with Gasteiger partial charge in [0.15, 0.2) is 0 Å². The van der Waals surface area contributed by atoms with Gasteiger partial charge in [-0.1, -0.05) is 24.3 Å². The van der Waals surface area contributed by atoms with Gasteiger partial charge >= 0.3 is 5.97 Å². The summed E-state index contributed by atoms with van der Waals surface area (Å²) in [5.74, 6) is -0.928. The molecule has 76 valence electrons. The monoisotopic (exact) mass is 201 g/mol. The van der Waals surface area contributed by atoms with Crippen LogP contribution in [0.1, 0.15) is 27.9 Å². The van der Waals surface area contributed by atoms with Crippen molar-refractivity contribution in [2.45, 2.75) is 13.3 Å². The van der Waals surface area contributed by atoms with E-state index in [0.717, 1.165) is 11.1 Å². The third-order valence-corrected chi connectivity index (χ3v) is 2.01. The summed E-state index contributed by atoms with van der Waals surface area (Å²) in [5, 5.41) is 17.2. The fourth-order valence-corrected chi connectivity index (χ4v) is 1.22. The third-order valence-electron chi connectivity index (χ3n) is 2.01. The number of benzene rings is 1. The highest BCUT2D eigenvalue weighted by atomic mass is 16.4. The zero-order valence-corrected chi connectivity index (χ0v) is 8.40. The number of allylic oxidation sites excluding steroid dienone is 1. The summed E-state index contributed by atoms with van der Waals surface area (Å²) in [6.07, 6.45) is 3.78. The lowest BCUT2D eigenvalue weighted by molar-refractivity contribution is 0.0696. The van der Waals surface area contributed by atoms with Crippen molar-refractivity contribution in [1.82, 2.24) is 0 Å². The summed E-state index contributed by atoms with van der Waals surface area (Å²) in [4.78, 5) is 10.8. The van der Waals surface area contributed by atoms with Crippen LogP contribution in [0.5, 0.6) is 0 Å². The van der Waals surface area contributed by atoms with Crippen LogP contribution in [0.2, 0.25) is 0 Å². The Labute approximate surface area is 88.3 Å². The highest BCUT2D eigenvalue weighted by Crippen LogP contribution is 2.12. The number of carboxylic acid groups (broad SMARTS) is 1. The number of aromatic carboxylic acids is 1. The minimum absolute atomic E-state index is 0.300. The molecule has 0 spiro atoms. The highest BCUT2D eigenvalue weighted by molar-refractivity contribution is 5.90. The van der Waals surface area contributed by atoms with Crippen molar-refractivity contribution in [2.75, 3.05) is 0 Å². The van der Waals surface area contributed by atoms with Crippen LogP contribution >= 0.6 is 0 Å². The summed E-state index contributed by atoms with van der Waals surface area (Å²) in [6.45, 7) is 1.76. The predicted molar refractivity (Wildman–Crippen MR) is 57.4 cm³/mol. The lowest BCUT2D eigenvalue weighted by atomic mass is 10.0. The number of carboxylic acids is 1. The van der Waals surface area contributed by atoms with Crippen molar-refractivity contribution in [1.29, 1.82) is 5.26 Å². The fraction of sp³-hybridized carbons (Fsp3) is 0.167. The van der Waals surface area contributed by atoms with Gasteiger partial charge in [-0.3, -0.25) is 0 Å². The third kappa shape index (κ3) is 2.96. The number of hydrogen-bond acceptors (Lipinski definition) is 2. The lowest BCUT2D eigenvalue weighted by Gasteiger charge is -2.01. The first-order valence-electron chi connectivity index (χ1n) is 4.52. The minimum atomic E-state index is -0.928. The standard InChI is InChI=1S/C12H11NO2/c1-9-5-6-10(4-2-3-7-13)8-11(9)12(14)15/h2,4-6,8H,3H2,1H3,(H,14,15). The van der Waals surface area contributed by atoms with Gasteiger partial charge < -0.3 is 5.11 Å². The molecule has 0 unspecified atom stereocenters. The van der Waals surface area contributed by atoms with E-state index in [1.807, 2.05) is 12.1 Å². The minimum Gasteiger partial charge on any atom is -0.478 e. The van der Waals surface area contributed by atoms with Crippen LogP contribution in [0.15, 0.2) is 24.3 Å². The van der Waals surface area contributed by atoms with Crippen LogP contribution in [0.3, 0.4) is 0 Å². The Morgan fingerprint density at radius 3 is 2.93 bits per heavy atom. The Bertz CT molecular complexity index is 441. The summed E-state index contributed by atoms with van der Waals surface area (Å²) in [7, 11) is 0. The number of nitriles is 1. The van der Waals surface area contributed by atoms with E-state index in [9.17, 15) is 4.79 Å². The molecule has 3 nitrogen and oxygen atoms in total. The van der Waals surface area contributed by atoms with Gasteiger partial charge in [-0.2, -0.15) is 5.26 Å². The average molecular weight is 201 g/mol. The molecule has 15 heavy (non-hydrogen) atoms. The van der Waals surface area contributed by atoms with Gasteiger partial charge in [0.2, 0.25) is 0 Å². The number of rotatable bonds is 3. The van der Waals surface area contributed by atoms with Crippen LogP contribution in [-0.2, 0) is 0 Å². The Kier molecular flexibility index (Phi) is 3.64. The van der Waals surface area contributed by atoms with Crippen molar-refractivity contribution < 1.29 is 9.90 Å². The van der Waals surface area contributed by atoms with Gasteiger partial charge in [-0.25, -0.2) is 4.79 Å². The smallest absolute Gasteiger partial charge is 0.335 e. The molecule has 3 heteroatoms. The van der Waals surface area contributed by atoms with Crippen molar-refractivity contribution in [3.8, 4) is 6.07 Å². The summed E-state index contributed by atoms with van der Waals surface area (Å²) < 4.78 is 0. The lowest BCUT2D eigenvalue weighted by Crippen LogP contribution is -1.99. The van der Waals surface area contributed by atoms with Gasteiger partial charge in [-0.15, -0.1) is 0 Å². The number of hydrogen-bond donors (Lipinski definition) is 1. The molecule has 0 aliphatic rings. The normalized spacial score (nSPS) is 10.1. The molecule has 0 amide bonds. The molecule has 1 N–H and O–H groups in total. The highest BCUT2D eigenvalue weighted by Gasteiger charge is 2.06. The largest absolute Gasteiger partial charge is 0.478 e. The number of nitrogens with zero attached hydrogens (tertiary/aromatic N) is 1. The summed E-state index contributed by atoms with van der Waals surface area (Å²) in [6, 6.07) is 7.17. The fourth-order valence-electron chi connectivity index (χ4n) is 1.22. The van der Waals surface area contributed by atoms with Gasteiger partial charge in [-0.05, 0) is 24.1 Å². The number of aryl methyl sites for hydroxylation is 1. The van der Waals surface area contributed by atoms with Crippen LogP contribution < -0.4 is 0 Å². The van der Waals surface area contributed by atoms with Crippen LogP contribution in [0, 0.1) is 18.3 Å². The molecule has 0 aromatic heterocycles. The Morgan fingerprint density at radius 1 is 1.60 bits per heavy atom. The molecule has 1 aromatic carbocycles. The summed E-state index contributed by atoms with van der Waals surface area (Å²) in [5.41, 5.74) is 1.84. The van der Waals surface area contributed by atoms with Gasteiger partial charge in [0.05, 0.1) is 18.1 Å². The first-order chi connectivity index (χ1) is 7.15.